The van der Waals surface area contributed by atoms with Gasteiger partial charge < -0.3 is 21.3 Å². The summed E-state index contributed by atoms with van der Waals surface area (Å²) in [4.78, 5) is 3.40. The summed E-state index contributed by atoms with van der Waals surface area (Å²) in [6.45, 7) is -0.816. The van der Waals surface area contributed by atoms with Crippen LogP contribution >= 0.6 is 0 Å². The topological polar surface area (TPSA) is 91.4 Å². The maximum Gasteiger partial charge on any atom is 0.168 e. The minimum atomic E-state index is -0.956. The summed E-state index contributed by atoms with van der Waals surface area (Å²) in [6, 6.07) is -0.187. The molecular weight excluding hydrogens is 208 g/mol. The van der Waals surface area contributed by atoms with Gasteiger partial charge in [-0.15, -0.1) is 0 Å². The van der Waals surface area contributed by atoms with Gasteiger partial charge in [-0.1, -0.05) is 0 Å². The zero-order valence-electron chi connectivity index (χ0n) is 7.74. The lowest BCUT2D eigenvalue weighted by atomic mass is 10.3. The zero-order chi connectivity index (χ0) is 11.4. The van der Waals surface area contributed by atoms with E-state index in [0.717, 1.165) is 0 Å². The number of nitrogen functional groups attached to an aromatic ring is 1. The summed E-state index contributed by atoms with van der Waals surface area (Å²) >= 11 is 0. The Morgan fingerprint density at radius 2 is 1.93 bits per heavy atom. The van der Waals surface area contributed by atoms with Crippen molar-refractivity contribution in [3.8, 4) is 0 Å². The van der Waals surface area contributed by atoms with Gasteiger partial charge in [-0.3, -0.25) is 0 Å². The molecule has 0 amide bonds. The Morgan fingerprint density at radius 1 is 1.33 bits per heavy atom. The molecule has 0 bridgehead atoms. The molecule has 0 aliphatic heterocycles. The predicted molar refractivity (Wildman–Crippen MR) is 50.1 cm³/mol. The van der Waals surface area contributed by atoms with Crippen molar-refractivity contribution in [2.75, 3.05) is 24.3 Å². The van der Waals surface area contributed by atoms with Crippen LogP contribution in [0.25, 0.3) is 0 Å². The Kier molecular flexibility index (Phi) is 3.75. The van der Waals surface area contributed by atoms with Gasteiger partial charge in [0.05, 0.1) is 19.3 Å². The van der Waals surface area contributed by atoms with Gasteiger partial charge >= 0.3 is 0 Å². The molecule has 0 aliphatic rings. The predicted octanol–water partition coefficient (Wildman–Crippen LogP) is -0.293. The van der Waals surface area contributed by atoms with Crippen molar-refractivity contribution in [2.45, 2.75) is 6.04 Å². The monoisotopic (exact) mass is 219 g/mol. The summed E-state index contributed by atoms with van der Waals surface area (Å²) in [7, 11) is 0. The molecule has 1 heterocycles. The minimum Gasteiger partial charge on any atom is -0.394 e. The molecule has 0 saturated carbocycles. The molecule has 1 aromatic heterocycles. The molecule has 1 rings (SSSR count). The molecular formula is C8H11F2N3O2. The number of pyridine rings is 1. The van der Waals surface area contributed by atoms with Crippen LogP contribution in [-0.4, -0.2) is 34.5 Å². The molecule has 0 fully saturated rings. The van der Waals surface area contributed by atoms with Gasteiger partial charge in [0.15, 0.2) is 23.3 Å². The fraction of sp³-hybridized carbons (Fsp3) is 0.375. The number of nitrogens with zero attached hydrogens (tertiary/aromatic N) is 1. The largest absolute Gasteiger partial charge is 0.394 e. The number of anilines is 2. The van der Waals surface area contributed by atoms with E-state index in [1.807, 2.05) is 0 Å². The molecule has 0 aliphatic carbocycles. The standard InChI is InChI=1S/C8H11F2N3O2/c9-5-1-6(10)8(13-7(5)11)12-4(2-14)3-15/h1,4,14-15H,2-3H2,(H3,11,12,13). The maximum atomic E-state index is 13.1. The summed E-state index contributed by atoms with van der Waals surface area (Å²) < 4.78 is 25.8. The van der Waals surface area contributed by atoms with E-state index >= 15 is 0 Å². The number of aliphatic hydroxyl groups is 2. The van der Waals surface area contributed by atoms with Gasteiger partial charge in [-0.2, -0.15) is 0 Å². The fourth-order valence-corrected chi connectivity index (χ4v) is 0.924. The number of rotatable bonds is 4. The minimum absolute atomic E-state index is 0.304. The van der Waals surface area contributed by atoms with Crippen LogP contribution in [0.3, 0.4) is 0 Å². The second-order valence-corrected chi connectivity index (χ2v) is 2.89. The molecule has 0 aromatic carbocycles. The van der Waals surface area contributed by atoms with Gasteiger partial charge in [0.25, 0.3) is 0 Å². The molecule has 5 nitrogen and oxygen atoms in total. The van der Waals surface area contributed by atoms with Crippen molar-refractivity contribution < 1.29 is 19.0 Å². The highest BCUT2D eigenvalue weighted by atomic mass is 19.1. The Morgan fingerprint density at radius 3 is 2.47 bits per heavy atom. The fourth-order valence-electron chi connectivity index (χ4n) is 0.924. The van der Waals surface area contributed by atoms with Crippen molar-refractivity contribution in [1.82, 2.24) is 4.98 Å². The number of hydrogen-bond acceptors (Lipinski definition) is 5. The second kappa shape index (κ2) is 4.85. The van der Waals surface area contributed by atoms with Crippen molar-refractivity contribution in [1.29, 1.82) is 0 Å². The molecule has 7 heteroatoms. The second-order valence-electron chi connectivity index (χ2n) is 2.89. The molecule has 5 N–H and O–H groups in total. The molecule has 0 saturated heterocycles. The number of aliphatic hydroxyl groups excluding tert-OH is 2. The van der Waals surface area contributed by atoms with Gasteiger partial charge in [0.1, 0.15) is 0 Å². The van der Waals surface area contributed by atoms with E-state index in [9.17, 15) is 8.78 Å². The van der Waals surface area contributed by atoms with Gasteiger partial charge in [-0.05, 0) is 0 Å². The van der Waals surface area contributed by atoms with Crippen molar-refractivity contribution in [3.05, 3.63) is 17.7 Å². The highest BCUT2D eigenvalue weighted by Gasteiger charge is 2.13. The maximum absolute atomic E-state index is 13.1. The molecule has 0 atom stereocenters. The lowest BCUT2D eigenvalue weighted by Gasteiger charge is -2.14. The van der Waals surface area contributed by atoms with E-state index in [1.54, 1.807) is 0 Å². The van der Waals surface area contributed by atoms with Crippen LogP contribution in [0.4, 0.5) is 20.4 Å². The molecule has 0 spiro atoms. The number of hydrogen-bond donors (Lipinski definition) is 4. The number of aromatic nitrogens is 1. The van der Waals surface area contributed by atoms with Gasteiger partial charge in [-0.25, -0.2) is 13.8 Å². The van der Waals surface area contributed by atoms with Crippen molar-refractivity contribution in [3.63, 3.8) is 0 Å². The summed E-state index contributed by atoms with van der Waals surface area (Å²) in [6.07, 6.45) is 0. The van der Waals surface area contributed by atoms with Crippen LogP contribution in [0.1, 0.15) is 0 Å². The lowest BCUT2D eigenvalue weighted by molar-refractivity contribution is 0.203. The summed E-state index contributed by atoms with van der Waals surface area (Å²) in [5, 5.41) is 19.8. The van der Waals surface area contributed by atoms with E-state index in [2.05, 4.69) is 10.3 Å². The first kappa shape index (κ1) is 11.6. The number of nitrogens with two attached hydrogens (primary N) is 1. The molecule has 0 radical (unpaired) electrons. The van der Waals surface area contributed by atoms with Crippen LogP contribution in [0.5, 0.6) is 0 Å². The zero-order valence-corrected chi connectivity index (χ0v) is 7.74. The number of nitrogens with one attached hydrogen (secondary N) is 1. The average molecular weight is 219 g/mol. The quantitative estimate of drug-likeness (QED) is 0.558. The van der Waals surface area contributed by atoms with Gasteiger partial charge in [0.2, 0.25) is 0 Å². The van der Waals surface area contributed by atoms with E-state index < -0.39 is 36.7 Å². The Labute approximate surface area is 84.6 Å². The van der Waals surface area contributed by atoms with Crippen LogP contribution < -0.4 is 11.1 Å². The van der Waals surface area contributed by atoms with Crippen LogP contribution in [0, 0.1) is 11.6 Å². The highest BCUT2D eigenvalue weighted by molar-refractivity contribution is 5.45. The van der Waals surface area contributed by atoms with E-state index in [-0.39, 0.29) is 5.82 Å². The SMILES string of the molecule is Nc1nc(NC(CO)CO)c(F)cc1F. The first-order valence-corrected chi connectivity index (χ1v) is 4.18. The van der Waals surface area contributed by atoms with Crippen molar-refractivity contribution in [2.24, 2.45) is 0 Å². The first-order chi connectivity index (χ1) is 7.08. The molecule has 15 heavy (non-hydrogen) atoms. The smallest absolute Gasteiger partial charge is 0.168 e. The Balaban J connectivity index is 2.89. The van der Waals surface area contributed by atoms with E-state index in [1.165, 1.54) is 0 Å². The molecule has 84 valence electrons. The third-order valence-electron chi connectivity index (χ3n) is 1.74. The lowest BCUT2D eigenvalue weighted by Crippen LogP contribution is -2.28. The van der Waals surface area contributed by atoms with E-state index in [0.29, 0.717) is 6.07 Å². The summed E-state index contributed by atoms with van der Waals surface area (Å²) in [5.41, 5.74) is 5.13. The number of halogens is 2. The highest BCUT2D eigenvalue weighted by Crippen LogP contribution is 2.17. The van der Waals surface area contributed by atoms with Crippen LogP contribution in [0.2, 0.25) is 0 Å². The Bertz CT molecular complexity index is 345. The molecule has 0 unspecified atom stereocenters. The Hall–Kier alpha value is -1.47. The third kappa shape index (κ3) is 2.74. The van der Waals surface area contributed by atoms with Crippen LogP contribution in [0.15, 0.2) is 6.07 Å². The average Bonchev–Trinajstić information content (AvgIpc) is 2.21. The third-order valence-corrected chi connectivity index (χ3v) is 1.74. The normalized spacial score (nSPS) is 10.7. The summed E-state index contributed by atoms with van der Waals surface area (Å²) in [5.74, 6) is -2.65. The van der Waals surface area contributed by atoms with Crippen LogP contribution in [-0.2, 0) is 0 Å². The van der Waals surface area contributed by atoms with Crippen molar-refractivity contribution >= 4 is 11.6 Å². The van der Waals surface area contributed by atoms with Gasteiger partial charge in [0, 0.05) is 6.07 Å². The first-order valence-electron chi connectivity index (χ1n) is 4.18. The van der Waals surface area contributed by atoms with E-state index in [4.69, 9.17) is 15.9 Å². The molecule has 1 aromatic rings.